The molecule has 4 rings (SSSR count). The highest BCUT2D eigenvalue weighted by Gasteiger charge is 2.39. The Morgan fingerprint density at radius 1 is 1.27 bits per heavy atom. The van der Waals surface area contributed by atoms with Crippen LogP contribution in [0, 0.1) is 0 Å². The fourth-order valence-corrected chi connectivity index (χ4v) is 5.49. The Kier molecular flexibility index (Phi) is 4.81. The van der Waals surface area contributed by atoms with E-state index >= 15 is 0 Å². The number of hydrogen-bond donors (Lipinski definition) is 0. The normalized spacial score (nSPS) is 20.6. The molecule has 8 heteroatoms. The SMILES string of the molecule is CCOCc1nc(C2CCCN2S(=O)(=O)c2ccc3c(c2)CCC3)no1. The first-order chi connectivity index (χ1) is 12.6. The number of fused-ring (bicyclic) bond motifs is 1. The van der Waals surface area contributed by atoms with Crippen molar-refractivity contribution in [1.82, 2.24) is 14.4 Å². The third kappa shape index (κ3) is 3.17. The minimum Gasteiger partial charge on any atom is -0.372 e. The molecule has 1 fully saturated rings. The Labute approximate surface area is 153 Å². The van der Waals surface area contributed by atoms with Crippen LogP contribution in [0.25, 0.3) is 0 Å². The number of aromatic nitrogens is 2. The number of ether oxygens (including phenoxy) is 1. The summed E-state index contributed by atoms with van der Waals surface area (Å²) in [6.07, 6.45) is 4.56. The van der Waals surface area contributed by atoms with Crippen molar-refractivity contribution in [2.45, 2.75) is 56.6 Å². The zero-order valence-electron chi connectivity index (χ0n) is 14.8. The molecular weight excluding hydrogens is 354 g/mol. The molecule has 0 spiro atoms. The molecule has 1 unspecified atom stereocenters. The van der Waals surface area contributed by atoms with Crippen molar-refractivity contribution in [3.05, 3.63) is 41.0 Å². The van der Waals surface area contributed by atoms with Crippen molar-refractivity contribution in [3.63, 3.8) is 0 Å². The summed E-state index contributed by atoms with van der Waals surface area (Å²) in [6, 6.07) is 5.14. The molecule has 0 radical (unpaired) electrons. The number of aryl methyl sites for hydroxylation is 2. The lowest BCUT2D eigenvalue weighted by atomic mass is 10.1. The number of sulfonamides is 1. The van der Waals surface area contributed by atoms with Gasteiger partial charge in [0.1, 0.15) is 6.61 Å². The van der Waals surface area contributed by atoms with Crippen molar-refractivity contribution in [2.75, 3.05) is 13.2 Å². The fourth-order valence-electron chi connectivity index (χ4n) is 3.78. The first-order valence-electron chi connectivity index (χ1n) is 9.13. The second-order valence-corrected chi connectivity index (χ2v) is 8.63. The minimum absolute atomic E-state index is 0.244. The fraction of sp³-hybridized carbons (Fsp3) is 0.556. The highest BCUT2D eigenvalue weighted by atomic mass is 32.2. The van der Waals surface area contributed by atoms with Crippen LogP contribution in [-0.4, -0.2) is 36.0 Å². The maximum Gasteiger partial charge on any atom is 0.252 e. The lowest BCUT2D eigenvalue weighted by Gasteiger charge is -2.22. The van der Waals surface area contributed by atoms with Gasteiger partial charge in [0.2, 0.25) is 10.0 Å². The van der Waals surface area contributed by atoms with E-state index in [1.165, 1.54) is 9.87 Å². The van der Waals surface area contributed by atoms with Crippen LogP contribution in [0.15, 0.2) is 27.6 Å². The van der Waals surface area contributed by atoms with Crippen LogP contribution in [0.4, 0.5) is 0 Å². The van der Waals surface area contributed by atoms with Gasteiger partial charge in [-0.2, -0.15) is 9.29 Å². The number of rotatable bonds is 6. The van der Waals surface area contributed by atoms with Gasteiger partial charge in [0.05, 0.1) is 10.9 Å². The van der Waals surface area contributed by atoms with Crippen molar-refractivity contribution < 1.29 is 17.7 Å². The van der Waals surface area contributed by atoms with Crippen LogP contribution in [0.2, 0.25) is 0 Å². The molecule has 0 saturated carbocycles. The van der Waals surface area contributed by atoms with E-state index in [4.69, 9.17) is 9.26 Å². The highest BCUT2D eigenvalue weighted by molar-refractivity contribution is 7.89. The topological polar surface area (TPSA) is 85.5 Å². The third-order valence-electron chi connectivity index (χ3n) is 5.09. The summed E-state index contributed by atoms with van der Waals surface area (Å²) >= 11 is 0. The molecule has 1 atom stereocenters. The second-order valence-electron chi connectivity index (χ2n) is 6.74. The molecule has 1 aromatic heterocycles. The summed E-state index contributed by atoms with van der Waals surface area (Å²) in [5.41, 5.74) is 2.42. The third-order valence-corrected chi connectivity index (χ3v) is 7.00. The van der Waals surface area contributed by atoms with E-state index in [2.05, 4.69) is 10.1 Å². The van der Waals surface area contributed by atoms with Crippen molar-refractivity contribution in [2.24, 2.45) is 0 Å². The zero-order valence-corrected chi connectivity index (χ0v) is 15.7. The predicted octanol–water partition coefficient (Wildman–Crippen LogP) is 2.62. The van der Waals surface area contributed by atoms with E-state index < -0.39 is 10.0 Å². The standard InChI is InChI=1S/C18H23N3O4S/c1-2-24-12-17-19-18(20-25-17)16-7-4-10-21(16)26(22,23)15-9-8-13-5-3-6-14(13)11-15/h8-9,11,16H,2-7,10,12H2,1H3. The van der Waals surface area contributed by atoms with Gasteiger partial charge >= 0.3 is 0 Å². The predicted molar refractivity (Wildman–Crippen MR) is 94.0 cm³/mol. The Balaban J connectivity index is 1.60. The summed E-state index contributed by atoms with van der Waals surface area (Å²) in [6.45, 7) is 3.16. The van der Waals surface area contributed by atoms with E-state index in [1.807, 2.05) is 19.1 Å². The summed E-state index contributed by atoms with van der Waals surface area (Å²) in [5.74, 6) is 0.797. The molecule has 0 amide bonds. The molecule has 26 heavy (non-hydrogen) atoms. The summed E-state index contributed by atoms with van der Waals surface area (Å²) in [7, 11) is -3.58. The van der Waals surface area contributed by atoms with Crippen LogP contribution < -0.4 is 0 Å². The van der Waals surface area contributed by atoms with Crippen LogP contribution in [0.3, 0.4) is 0 Å². The van der Waals surface area contributed by atoms with E-state index in [-0.39, 0.29) is 12.6 Å². The van der Waals surface area contributed by atoms with Gasteiger partial charge in [0.25, 0.3) is 5.89 Å². The lowest BCUT2D eigenvalue weighted by Crippen LogP contribution is -2.31. The van der Waals surface area contributed by atoms with Crippen molar-refractivity contribution in [3.8, 4) is 0 Å². The monoisotopic (exact) mass is 377 g/mol. The smallest absolute Gasteiger partial charge is 0.252 e. The molecule has 2 heterocycles. The molecule has 1 aliphatic carbocycles. The van der Waals surface area contributed by atoms with Gasteiger partial charge in [-0.05, 0) is 62.3 Å². The van der Waals surface area contributed by atoms with Crippen LogP contribution in [0.1, 0.15) is 55.1 Å². The summed E-state index contributed by atoms with van der Waals surface area (Å²) in [5, 5.41) is 3.99. The number of nitrogens with zero attached hydrogens (tertiary/aromatic N) is 3. The molecule has 1 aliphatic heterocycles. The molecule has 1 saturated heterocycles. The Hall–Kier alpha value is -1.77. The van der Waals surface area contributed by atoms with E-state index in [9.17, 15) is 8.42 Å². The molecule has 2 aromatic rings. The van der Waals surface area contributed by atoms with Gasteiger partial charge in [0.15, 0.2) is 5.82 Å². The van der Waals surface area contributed by atoms with Crippen LogP contribution >= 0.6 is 0 Å². The molecule has 0 bridgehead atoms. The lowest BCUT2D eigenvalue weighted by molar-refractivity contribution is 0.109. The Morgan fingerprint density at radius 3 is 2.96 bits per heavy atom. The van der Waals surface area contributed by atoms with Gasteiger partial charge in [-0.25, -0.2) is 8.42 Å². The molecule has 1 aromatic carbocycles. The maximum absolute atomic E-state index is 13.2. The average molecular weight is 377 g/mol. The van der Waals surface area contributed by atoms with Gasteiger partial charge < -0.3 is 9.26 Å². The zero-order chi connectivity index (χ0) is 18.1. The second kappa shape index (κ2) is 7.09. The number of benzene rings is 1. The summed E-state index contributed by atoms with van der Waals surface area (Å²) in [4.78, 5) is 4.70. The molecule has 140 valence electrons. The first kappa shape index (κ1) is 17.6. The van der Waals surface area contributed by atoms with Gasteiger partial charge in [-0.15, -0.1) is 0 Å². The molecule has 7 nitrogen and oxygen atoms in total. The average Bonchev–Trinajstić information content (AvgIpc) is 3.38. The Morgan fingerprint density at radius 2 is 2.12 bits per heavy atom. The molecular formula is C18H23N3O4S. The van der Waals surface area contributed by atoms with Crippen molar-refractivity contribution >= 4 is 10.0 Å². The van der Waals surface area contributed by atoms with Crippen molar-refractivity contribution in [1.29, 1.82) is 0 Å². The molecule has 2 aliphatic rings. The van der Waals surface area contributed by atoms with Gasteiger partial charge in [0, 0.05) is 13.2 Å². The Bertz CT molecular complexity index is 894. The van der Waals surface area contributed by atoms with E-state index in [0.29, 0.717) is 36.2 Å². The molecule has 0 N–H and O–H groups in total. The van der Waals surface area contributed by atoms with E-state index in [0.717, 1.165) is 31.2 Å². The van der Waals surface area contributed by atoms with Crippen LogP contribution in [0.5, 0.6) is 0 Å². The van der Waals surface area contributed by atoms with E-state index in [1.54, 1.807) is 6.07 Å². The van der Waals surface area contributed by atoms with Crippen LogP contribution in [-0.2, 0) is 34.2 Å². The number of hydrogen-bond acceptors (Lipinski definition) is 6. The van der Waals surface area contributed by atoms with Gasteiger partial charge in [-0.3, -0.25) is 0 Å². The minimum atomic E-state index is -3.58. The quantitative estimate of drug-likeness (QED) is 0.769. The summed E-state index contributed by atoms with van der Waals surface area (Å²) < 4.78 is 38.4. The maximum atomic E-state index is 13.2. The largest absolute Gasteiger partial charge is 0.372 e. The first-order valence-corrected chi connectivity index (χ1v) is 10.6. The highest BCUT2D eigenvalue weighted by Crippen LogP contribution is 2.36. The van der Waals surface area contributed by atoms with Gasteiger partial charge in [-0.1, -0.05) is 11.2 Å².